The number of primary amides is 1. The molecule has 0 aliphatic heterocycles. The zero-order valence-corrected chi connectivity index (χ0v) is 9.91. The first-order valence-corrected chi connectivity index (χ1v) is 5.17. The van der Waals surface area contributed by atoms with Gasteiger partial charge in [-0.05, 0) is 33.6 Å². The minimum atomic E-state index is -0.748. The lowest BCUT2D eigenvalue weighted by atomic mass is 10.1. The molecule has 0 aliphatic rings. The molecule has 0 heterocycles. The quantitative estimate of drug-likeness (QED) is 0.914. The fourth-order valence-electron chi connectivity index (χ4n) is 1.13. The molecule has 0 saturated carbocycles. The van der Waals surface area contributed by atoms with Crippen molar-refractivity contribution in [1.82, 2.24) is 0 Å². The molecule has 2 N–H and O–H groups in total. The first-order chi connectivity index (χ1) is 7.13. The van der Waals surface area contributed by atoms with Crippen LogP contribution in [-0.4, -0.2) is 19.8 Å². The number of methoxy groups -OCH3 is 1. The highest BCUT2D eigenvalue weighted by Gasteiger charge is 2.02. The van der Waals surface area contributed by atoms with Crippen molar-refractivity contribution in [2.24, 2.45) is 5.73 Å². The van der Waals surface area contributed by atoms with Crippen LogP contribution in [0.5, 0.6) is 5.75 Å². The molecule has 5 heteroatoms. The van der Waals surface area contributed by atoms with Gasteiger partial charge in [0, 0.05) is 6.42 Å². The van der Waals surface area contributed by atoms with Crippen LogP contribution in [0.4, 0.5) is 4.79 Å². The van der Waals surface area contributed by atoms with Crippen LogP contribution >= 0.6 is 15.9 Å². The van der Waals surface area contributed by atoms with Gasteiger partial charge < -0.3 is 15.2 Å². The molecule has 15 heavy (non-hydrogen) atoms. The summed E-state index contributed by atoms with van der Waals surface area (Å²) in [4.78, 5) is 10.3. The van der Waals surface area contributed by atoms with E-state index in [2.05, 4.69) is 20.7 Å². The SMILES string of the molecule is COc1ccc(CCOC(N)=O)cc1Br. The molecule has 0 spiro atoms. The predicted octanol–water partition coefficient (Wildman–Crippen LogP) is 2.10. The maximum atomic E-state index is 10.3. The molecule has 1 amide bonds. The number of benzene rings is 1. The highest BCUT2D eigenvalue weighted by atomic mass is 79.9. The van der Waals surface area contributed by atoms with E-state index in [4.69, 9.17) is 10.5 Å². The molecule has 0 unspecified atom stereocenters. The highest BCUT2D eigenvalue weighted by molar-refractivity contribution is 9.10. The van der Waals surface area contributed by atoms with Gasteiger partial charge in [0.1, 0.15) is 5.75 Å². The summed E-state index contributed by atoms with van der Waals surface area (Å²) in [6.45, 7) is 0.286. The molecule has 0 radical (unpaired) electrons. The fourth-order valence-corrected chi connectivity index (χ4v) is 1.72. The smallest absolute Gasteiger partial charge is 0.404 e. The van der Waals surface area contributed by atoms with Gasteiger partial charge in [0.05, 0.1) is 18.2 Å². The zero-order valence-electron chi connectivity index (χ0n) is 8.33. The van der Waals surface area contributed by atoms with Gasteiger partial charge in [0.15, 0.2) is 0 Å². The predicted molar refractivity (Wildman–Crippen MR) is 59.9 cm³/mol. The number of hydrogen-bond acceptors (Lipinski definition) is 3. The summed E-state index contributed by atoms with van der Waals surface area (Å²) in [5, 5.41) is 0. The lowest BCUT2D eigenvalue weighted by Crippen LogP contribution is -2.14. The Morgan fingerprint density at radius 1 is 1.53 bits per heavy atom. The Hall–Kier alpha value is -1.23. The standard InChI is InChI=1S/C10H12BrNO3/c1-14-9-3-2-7(6-8(9)11)4-5-15-10(12)13/h2-3,6H,4-5H2,1H3,(H2,12,13). The van der Waals surface area contributed by atoms with Crippen molar-refractivity contribution in [2.45, 2.75) is 6.42 Å². The van der Waals surface area contributed by atoms with Crippen LogP contribution in [0.1, 0.15) is 5.56 Å². The van der Waals surface area contributed by atoms with Gasteiger partial charge in [-0.3, -0.25) is 0 Å². The second-order valence-electron chi connectivity index (χ2n) is 2.89. The number of rotatable bonds is 4. The van der Waals surface area contributed by atoms with Crippen LogP contribution < -0.4 is 10.5 Å². The Morgan fingerprint density at radius 3 is 2.80 bits per heavy atom. The second kappa shape index (κ2) is 5.60. The van der Waals surface area contributed by atoms with E-state index in [1.54, 1.807) is 7.11 Å². The monoisotopic (exact) mass is 273 g/mol. The Balaban J connectivity index is 2.55. The molecule has 0 saturated heterocycles. The Morgan fingerprint density at radius 2 is 2.27 bits per heavy atom. The molecule has 1 rings (SSSR count). The van der Waals surface area contributed by atoms with Crippen LogP contribution in [0.2, 0.25) is 0 Å². The van der Waals surface area contributed by atoms with E-state index in [1.165, 1.54) is 0 Å². The van der Waals surface area contributed by atoms with Gasteiger partial charge in [-0.25, -0.2) is 4.79 Å². The number of ether oxygens (including phenoxy) is 2. The van der Waals surface area contributed by atoms with Crippen molar-refractivity contribution < 1.29 is 14.3 Å². The van der Waals surface area contributed by atoms with Crippen LogP contribution in [0.15, 0.2) is 22.7 Å². The van der Waals surface area contributed by atoms with Gasteiger partial charge in [-0.1, -0.05) is 6.07 Å². The first-order valence-electron chi connectivity index (χ1n) is 4.38. The van der Waals surface area contributed by atoms with E-state index in [-0.39, 0.29) is 6.61 Å². The highest BCUT2D eigenvalue weighted by Crippen LogP contribution is 2.25. The van der Waals surface area contributed by atoms with Crippen molar-refractivity contribution in [3.05, 3.63) is 28.2 Å². The van der Waals surface area contributed by atoms with Crippen molar-refractivity contribution in [3.8, 4) is 5.75 Å². The van der Waals surface area contributed by atoms with Gasteiger partial charge in [0.2, 0.25) is 0 Å². The molecule has 0 aliphatic carbocycles. The Kier molecular flexibility index (Phi) is 4.42. The van der Waals surface area contributed by atoms with Crippen LogP contribution in [0.3, 0.4) is 0 Å². The summed E-state index contributed by atoms with van der Waals surface area (Å²) < 4.78 is 10.6. The van der Waals surface area contributed by atoms with E-state index >= 15 is 0 Å². The van der Waals surface area contributed by atoms with Gasteiger partial charge in [-0.15, -0.1) is 0 Å². The summed E-state index contributed by atoms with van der Waals surface area (Å²) in [5.74, 6) is 0.773. The third kappa shape index (κ3) is 3.79. The molecule has 1 aromatic carbocycles. The average Bonchev–Trinajstić information content (AvgIpc) is 2.17. The number of carbonyl (C=O) groups excluding carboxylic acids is 1. The van der Waals surface area contributed by atoms with E-state index in [1.807, 2.05) is 18.2 Å². The molecule has 0 bridgehead atoms. The Labute approximate surface area is 96.5 Å². The molecule has 1 aromatic rings. The second-order valence-corrected chi connectivity index (χ2v) is 3.74. The van der Waals surface area contributed by atoms with Crippen molar-refractivity contribution in [3.63, 3.8) is 0 Å². The summed E-state index contributed by atoms with van der Waals surface area (Å²) in [6, 6.07) is 5.68. The van der Waals surface area contributed by atoms with E-state index in [0.29, 0.717) is 6.42 Å². The van der Waals surface area contributed by atoms with E-state index in [0.717, 1.165) is 15.8 Å². The molecular formula is C10H12BrNO3. The minimum absolute atomic E-state index is 0.286. The third-order valence-electron chi connectivity index (χ3n) is 1.85. The van der Waals surface area contributed by atoms with Crippen LogP contribution in [0.25, 0.3) is 0 Å². The largest absolute Gasteiger partial charge is 0.496 e. The molecule has 0 fully saturated rings. The fraction of sp³-hybridized carbons (Fsp3) is 0.300. The summed E-state index contributed by atoms with van der Waals surface area (Å²) in [5.41, 5.74) is 5.89. The minimum Gasteiger partial charge on any atom is -0.496 e. The lowest BCUT2D eigenvalue weighted by Gasteiger charge is -2.06. The lowest BCUT2D eigenvalue weighted by molar-refractivity contribution is 0.158. The summed E-state index contributed by atoms with van der Waals surface area (Å²) >= 11 is 3.37. The number of carbonyl (C=O) groups is 1. The van der Waals surface area contributed by atoms with Gasteiger partial charge in [-0.2, -0.15) is 0 Å². The first kappa shape index (κ1) is 11.8. The number of amides is 1. The van der Waals surface area contributed by atoms with Crippen molar-refractivity contribution in [1.29, 1.82) is 0 Å². The molecule has 82 valence electrons. The molecule has 0 aromatic heterocycles. The molecule has 4 nitrogen and oxygen atoms in total. The number of nitrogens with two attached hydrogens (primary N) is 1. The maximum absolute atomic E-state index is 10.3. The van der Waals surface area contributed by atoms with Crippen LogP contribution in [-0.2, 0) is 11.2 Å². The van der Waals surface area contributed by atoms with E-state index in [9.17, 15) is 4.79 Å². The topological polar surface area (TPSA) is 61.6 Å². The molecule has 0 atom stereocenters. The van der Waals surface area contributed by atoms with Gasteiger partial charge in [0.25, 0.3) is 0 Å². The van der Waals surface area contributed by atoms with Crippen molar-refractivity contribution >= 4 is 22.0 Å². The van der Waals surface area contributed by atoms with Gasteiger partial charge >= 0.3 is 6.09 Å². The average molecular weight is 274 g/mol. The van der Waals surface area contributed by atoms with Crippen LogP contribution in [0, 0.1) is 0 Å². The maximum Gasteiger partial charge on any atom is 0.404 e. The summed E-state index contributed by atoms with van der Waals surface area (Å²) in [7, 11) is 1.61. The van der Waals surface area contributed by atoms with E-state index < -0.39 is 6.09 Å². The molecular weight excluding hydrogens is 262 g/mol. The number of halogens is 1. The summed E-state index contributed by atoms with van der Waals surface area (Å²) in [6.07, 6.45) is -0.117. The zero-order chi connectivity index (χ0) is 11.3. The number of hydrogen-bond donors (Lipinski definition) is 1. The van der Waals surface area contributed by atoms with Crippen molar-refractivity contribution in [2.75, 3.05) is 13.7 Å². The normalized spacial score (nSPS) is 9.73. The Bertz CT molecular complexity index is 355. The third-order valence-corrected chi connectivity index (χ3v) is 2.47.